The number of hydrogen-bond donors (Lipinski definition) is 0. The van der Waals surface area contributed by atoms with Gasteiger partial charge in [0.2, 0.25) is 0 Å². The lowest BCUT2D eigenvalue weighted by Gasteiger charge is -2.19. The SMILES string of the molecule is CCOC(=O)/C=C/C(=O)CC(C)(C)c1ccco1. The Balaban J connectivity index is 2.57. The smallest absolute Gasteiger partial charge is 0.330 e. The number of carbonyl (C=O) groups excluding carboxylic acids is 2. The van der Waals surface area contributed by atoms with E-state index < -0.39 is 5.97 Å². The molecule has 0 fully saturated rings. The van der Waals surface area contributed by atoms with Crippen molar-refractivity contribution in [2.45, 2.75) is 32.6 Å². The molecule has 98 valence electrons. The Morgan fingerprint density at radius 2 is 2.11 bits per heavy atom. The normalized spacial score (nSPS) is 11.7. The van der Waals surface area contributed by atoms with Gasteiger partial charge >= 0.3 is 5.97 Å². The van der Waals surface area contributed by atoms with Gasteiger partial charge in [-0.1, -0.05) is 13.8 Å². The van der Waals surface area contributed by atoms with E-state index in [1.165, 1.54) is 6.08 Å². The summed E-state index contributed by atoms with van der Waals surface area (Å²) in [6, 6.07) is 3.62. The van der Waals surface area contributed by atoms with Gasteiger partial charge < -0.3 is 9.15 Å². The summed E-state index contributed by atoms with van der Waals surface area (Å²) in [5, 5.41) is 0. The van der Waals surface area contributed by atoms with Gasteiger partial charge in [0.05, 0.1) is 12.9 Å². The van der Waals surface area contributed by atoms with Gasteiger partial charge in [-0.2, -0.15) is 0 Å². The van der Waals surface area contributed by atoms with Crippen LogP contribution in [-0.4, -0.2) is 18.4 Å². The van der Waals surface area contributed by atoms with Crippen LogP contribution in [0.4, 0.5) is 0 Å². The highest BCUT2D eigenvalue weighted by molar-refractivity contribution is 5.96. The first-order valence-corrected chi connectivity index (χ1v) is 5.87. The second-order valence-corrected chi connectivity index (χ2v) is 4.59. The summed E-state index contributed by atoms with van der Waals surface area (Å²) >= 11 is 0. The van der Waals surface area contributed by atoms with Crippen molar-refractivity contribution in [2.75, 3.05) is 6.61 Å². The Labute approximate surface area is 107 Å². The zero-order valence-electron chi connectivity index (χ0n) is 10.9. The van der Waals surface area contributed by atoms with Crippen molar-refractivity contribution in [2.24, 2.45) is 0 Å². The van der Waals surface area contributed by atoms with E-state index in [0.29, 0.717) is 6.61 Å². The fourth-order valence-corrected chi connectivity index (χ4v) is 1.60. The highest BCUT2D eigenvalue weighted by Crippen LogP contribution is 2.27. The van der Waals surface area contributed by atoms with E-state index in [1.807, 2.05) is 19.9 Å². The van der Waals surface area contributed by atoms with Crippen LogP contribution in [0.2, 0.25) is 0 Å². The maximum atomic E-state index is 11.7. The molecule has 1 heterocycles. The van der Waals surface area contributed by atoms with Crippen molar-refractivity contribution >= 4 is 11.8 Å². The summed E-state index contributed by atoms with van der Waals surface area (Å²) in [6.07, 6.45) is 4.26. The van der Waals surface area contributed by atoms with Crippen LogP contribution >= 0.6 is 0 Å². The van der Waals surface area contributed by atoms with E-state index in [-0.39, 0.29) is 17.6 Å². The average molecular weight is 250 g/mol. The zero-order valence-corrected chi connectivity index (χ0v) is 10.9. The van der Waals surface area contributed by atoms with Crippen molar-refractivity contribution in [3.05, 3.63) is 36.3 Å². The van der Waals surface area contributed by atoms with E-state index >= 15 is 0 Å². The lowest BCUT2D eigenvalue weighted by Crippen LogP contribution is -2.20. The Hall–Kier alpha value is -1.84. The predicted molar refractivity (Wildman–Crippen MR) is 67.1 cm³/mol. The van der Waals surface area contributed by atoms with Crippen molar-refractivity contribution in [3.8, 4) is 0 Å². The summed E-state index contributed by atoms with van der Waals surface area (Å²) < 4.78 is 9.99. The molecule has 0 bridgehead atoms. The first kappa shape index (κ1) is 14.2. The second kappa shape index (κ2) is 6.19. The minimum absolute atomic E-state index is 0.135. The predicted octanol–water partition coefficient (Wildman–Crippen LogP) is 2.64. The molecule has 1 aromatic heterocycles. The molecular formula is C14H18O4. The van der Waals surface area contributed by atoms with Crippen molar-refractivity contribution in [1.82, 2.24) is 0 Å². The third-order valence-corrected chi connectivity index (χ3v) is 2.50. The molecule has 0 aliphatic heterocycles. The van der Waals surface area contributed by atoms with Gasteiger partial charge in [-0.3, -0.25) is 4.79 Å². The maximum Gasteiger partial charge on any atom is 0.330 e. The van der Waals surface area contributed by atoms with Gasteiger partial charge in [-0.05, 0) is 25.1 Å². The standard InChI is InChI=1S/C14H18O4/c1-4-17-13(16)8-7-11(15)10-14(2,3)12-6-5-9-18-12/h5-9H,4,10H2,1-3H3/b8-7+. The molecule has 4 nitrogen and oxygen atoms in total. The highest BCUT2D eigenvalue weighted by atomic mass is 16.5. The van der Waals surface area contributed by atoms with Crippen molar-refractivity contribution in [3.63, 3.8) is 0 Å². The molecule has 0 unspecified atom stereocenters. The number of allylic oxidation sites excluding steroid dienone is 1. The summed E-state index contributed by atoms with van der Waals surface area (Å²) in [5.74, 6) is 0.117. The molecule has 18 heavy (non-hydrogen) atoms. The van der Waals surface area contributed by atoms with Gasteiger partial charge in [0.1, 0.15) is 5.76 Å². The van der Waals surface area contributed by atoms with Gasteiger partial charge in [-0.15, -0.1) is 0 Å². The van der Waals surface area contributed by atoms with Crippen LogP contribution in [0, 0.1) is 0 Å². The summed E-state index contributed by atoms with van der Waals surface area (Å²) in [4.78, 5) is 22.8. The maximum absolute atomic E-state index is 11.7. The third kappa shape index (κ3) is 4.20. The number of hydrogen-bond acceptors (Lipinski definition) is 4. The second-order valence-electron chi connectivity index (χ2n) is 4.59. The van der Waals surface area contributed by atoms with Crippen LogP contribution in [0.5, 0.6) is 0 Å². The summed E-state index contributed by atoms with van der Waals surface area (Å²) in [7, 11) is 0. The van der Waals surface area contributed by atoms with Crippen LogP contribution in [0.3, 0.4) is 0 Å². The molecule has 0 aliphatic rings. The zero-order chi connectivity index (χ0) is 13.6. The average Bonchev–Trinajstić information content (AvgIpc) is 2.80. The van der Waals surface area contributed by atoms with E-state index in [9.17, 15) is 9.59 Å². The summed E-state index contributed by atoms with van der Waals surface area (Å²) in [6.45, 7) is 5.85. The molecule has 0 aliphatic carbocycles. The van der Waals surface area contributed by atoms with E-state index in [2.05, 4.69) is 0 Å². The number of esters is 1. The van der Waals surface area contributed by atoms with E-state index in [1.54, 1.807) is 19.3 Å². The third-order valence-electron chi connectivity index (χ3n) is 2.50. The number of furan rings is 1. The van der Waals surface area contributed by atoms with Crippen LogP contribution in [0.1, 0.15) is 33.0 Å². The summed E-state index contributed by atoms with van der Waals surface area (Å²) in [5.41, 5.74) is -0.389. The minimum atomic E-state index is -0.498. The molecule has 0 aromatic carbocycles. The topological polar surface area (TPSA) is 56.5 Å². The molecule has 0 atom stereocenters. The van der Waals surface area contributed by atoms with Gasteiger partial charge in [-0.25, -0.2) is 4.79 Å². The number of ketones is 1. The Morgan fingerprint density at radius 1 is 1.39 bits per heavy atom. The fraction of sp³-hybridized carbons (Fsp3) is 0.429. The first-order valence-electron chi connectivity index (χ1n) is 5.87. The van der Waals surface area contributed by atoms with E-state index in [4.69, 9.17) is 9.15 Å². The van der Waals surface area contributed by atoms with E-state index in [0.717, 1.165) is 11.8 Å². The number of carbonyl (C=O) groups is 2. The monoisotopic (exact) mass is 250 g/mol. The van der Waals surface area contributed by atoms with Gasteiger partial charge in [0, 0.05) is 17.9 Å². The molecule has 0 saturated heterocycles. The Kier molecular flexibility index (Phi) is 4.89. The molecule has 0 amide bonds. The van der Waals surface area contributed by atoms with Gasteiger partial charge in [0.15, 0.2) is 5.78 Å². The fourth-order valence-electron chi connectivity index (χ4n) is 1.60. The number of rotatable bonds is 6. The van der Waals surface area contributed by atoms with Crippen LogP contribution in [0.15, 0.2) is 35.0 Å². The lowest BCUT2D eigenvalue weighted by molar-refractivity contribution is -0.137. The lowest BCUT2D eigenvalue weighted by atomic mass is 9.84. The number of ether oxygens (including phenoxy) is 1. The first-order chi connectivity index (χ1) is 8.45. The van der Waals surface area contributed by atoms with Crippen LogP contribution in [-0.2, 0) is 19.7 Å². The Morgan fingerprint density at radius 3 is 2.67 bits per heavy atom. The van der Waals surface area contributed by atoms with Gasteiger partial charge in [0.25, 0.3) is 0 Å². The molecule has 0 radical (unpaired) electrons. The highest BCUT2D eigenvalue weighted by Gasteiger charge is 2.25. The largest absolute Gasteiger partial charge is 0.469 e. The quantitative estimate of drug-likeness (QED) is 0.575. The molecule has 0 N–H and O–H groups in total. The molecular weight excluding hydrogens is 232 g/mol. The Bertz CT molecular complexity index is 427. The van der Waals surface area contributed by atoms with Crippen LogP contribution < -0.4 is 0 Å². The molecule has 4 heteroatoms. The minimum Gasteiger partial charge on any atom is -0.469 e. The van der Waals surface area contributed by atoms with Crippen molar-refractivity contribution in [1.29, 1.82) is 0 Å². The molecule has 0 spiro atoms. The molecule has 1 aromatic rings. The van der Waals surface area contributed by atoms with Crippen LogP contribution in [0.25, 0.3) is 0 Å². The van der Waals surface area contributed by atoms with Crippen molar-refractivity contribution < 1.29 is 18.7 Å². The molecule has 1 rings (SSSR count). The molecule has 0 saturated carbocycles.